The lowest BCUT2D eigenvalue weighted by Crippen LogP contribution is -2.30. The molecule has 0 saturated heterocycles. The van der Waals surface area contributed by atoms with Crippen LogP contribution in [0.15, 0.2) is 0 Å². The van der Waals surface area contributed by atoms with Crippen molar-refractivity contribution in [2.45, 2.75) is 285 Å². The minimum Gasteiger partial charge on any atom is -0.462 e. The quantitative estimate of drug-likeness (QED) is 0.0346. The van der Waals surface area contributed by atoms with Gasteiger partial charge < -0.3 is 14.2 Å². The van der Waals surface area contributed by atoms with Gasteiger partial charge in [-0.1, -0.05) is 241 Å². The molecule has 1 unspecified atom stereocenters. The second-order valence-corrected chi connectivity index (χ2v) is 19.0. The van der Waals surface area contributed by atoms with Gasteiger partial charge in [0.05, 0.1) is 0 Å². The maximum absolute atomic E-state index is 12.8. The van der Waals surface area contributed by atoms with Crippen molar-refractivity contribution in [2.24, 2.45) is 17.8 Å². The topological polar surface area (TPSA) is 78.9 Å². The van der Waals surface area contributed by atoms with E-state index >= 15 is 0 Å². The van der Waals surface area contributed by atoms with Crippen molar-refractivity contribution < 1.29 is 28.6 Å². The number of carbonyl (C=O) groups excluding carboxylic acids is 3. The lowest BCUT2D eigenvalue weighted by atomic mass is 9.99. The van der Waals surface area contributed by atoms with Gasteiger partial charge in [0.2, 0.25) is 0 Å². The lowest BCUT2D eigenvalue weighted by molar-refractivity contribution is -0.167. The van der Waals surface area contributed by atoms with Gasteiger partial charge in [-0.3, -0.25) is 14.4 Å². The second kappa shape index (κ2) is 43.5. The summed E-state index contributed by atoms with van der Waals surface area (Å²) in [5, 5.41) is 0. The molecule has 0 bridgehead atoms. The molecule has 2 atom stereocenters. The predicted octanol–water partition coefficient (Wildman–Crippen LogP) is 16.4. The fourth-order valence-electron chi connectivity index (χ4n) is 7.73. The number of hydrogen-bond acceptors (Lipinski definition) is 6. The summed E-state index contributed by atoms with van der Waals surface area (Å²) in [6, 6.07) is 0. The Balaban J connectivity index is 4.34. The molecule has 0 saturated carbocycles. The maximum atomic E-state index is 12.8. The van der Waals surface area contributed by atoms with Gasteiger partial charge >= 0.3 is 17.9 Å². The van der Waals surface area contributed by atoms with Crippen molar-refractivity contribution in [1.82, 2.24) is 0 Å². The molecule has 344 valence electrons. The average molecular weight is 821 g/mol. The molecule has 0 aliphatic heterocycles. The Morgan fingerprint density at radius 2 is 0.603 bits per heavy atom. The summed E-state index contributed by atoms with van der Waals surface area (Å²) in [6.07, 6.45) is 42.2. The molecule has 0 aromatic carbocycles. The summed E-state index contributed by atoms with van der Waals surface area (Å²) in [5.74, 6) is 1.65. The molecule has 58 heavy (non-hydrogen) atoms. The Morgan fingerprint density at radius 1 is 0.345 bits per heavy atom. The van der Waals surface area contributed by atoms with Gasteiger partial charge in [0.25, 0.3) is 0 Å². The largest absolute Gasteiger partial charge is 0.462 e. The minimum absolute atomic E-state index is 0.0651. The van der Waals surface area contributed by atoms with Crippen molar-refractivity contribution in [2.75, 3.05) is 13.2 Å². The first kappa shape index (κ1) is 56.4. The van der Waals surface area contributed by atoms with Crippen LogP contribution in [-0.4, -0.2) is 37.2 Å². The molecule has 0 radical (unpaired) electrons. The van der Waals surface area contributed by atoms with Crippen LogP contribution >= 0.6 is 0 Å². The minimum atomic E-state index is -0.763. The first-order valence-electron chi connectivity index (χ1n) is 25.6. The normalized spacial score (nSPS) is 12.6. The number of unbranched alkanes of at least 4 members (excludes halogenated alkanes) is 27. The van der Waals surface area contributed by atoms with Gasteiger partial charge in [-0.25, -0.2) is 0 Å². The SMILES string of the molecule is CCC(C)CCCCCCCCCCCCC(=O)OC[C@H](COC(=O)CCCCCCCCCCCCC(C)C)OC(=O)CCCCCCCCCCCCC(C)C. The van der Waals surface area contributed by atoms with Crippen molar-refractivity contribution in [3.05, 3.63) is 0 Å². The first-order valence-corrected chi connectivity index (χ1v) is 25.6. The van der Waals surface area contributed by atoms with Crippen LogP contribution in [-0.2, 0) is 28.6 Å². The van der Waals surface area contributed by atoms with E-state index in [0.29, 0.717) is 19.3 Å². The highest BCUT2D eigenvalue weighted by Gasteiger charge is 2.19. The van der Waals surface area contributed by atoms with E-state index in [1.807, 2.05) is 0 Å². The highest BCUT2D eigenvalue weighted by atomic mass is 16.6. The van der Waals surface area contributed by atoms with Crippen molar-refractivity contribution in [3.8, 4) is 0 Å². The van der Waals surface area contributed by atoms with E-state index in [0.717, 1.165) is 75.5 Å². The van der Waals surface area contributed by atoms with Crippen molar-refractivity contribution in [3.63, 3.8) is 0 Å². The summed E-state index contributed by atoms with van der Waals surface area (Å²) in [5.41, 5.74) is 0. The van der Waals surface area contributed by atoms with Gasteiger partial charge in [0.15, 0.2) is 6.10 Å². The van der Waals surface area contributed by atoms with E-state index in [1.165, 1.54) is 161 Å². The van der Waals surface area contributed by atoms with E-state index in [9.17, 15) is 14.4 Å². The number of esters is 3. The molecule has 0 amide bonds. The van der Waals surface area contributed by atoms with Gasteiger partial charge in [0, 0.05) is 19.3 Å². The molecule has 0 aromatic rings. The van der Waals surface area contributed by atoms with E-state index in [-0.39, 0.29) is 31.1 Å². The molecule has 6 nitrogen and oxygen atoms in total. The summed E-state index contributed by atoms with van der Waals surface area (Å²) < 4.78 is 16.8. The fraction of sp³-hybridized carbons (Fsp3) is 0.942. The van der Waals surface area contributed by atoms with Crippen LogP contribution in [0.3, 0.4) is 0 Å². The Morgan fingerprint density at radius 3 is 0.897 bits per heavy atom. The fourth-order valence-corrected chi connectivity index (χ4v) is 7.73. The number of rotatable bonds is 45. The third kappa shape index (κ3) is 44.0. The van der Waals surface area contributed by atoms with Crippen LogP contribution in [0.1, 0.15) is 279 Å². The van der Waals surface area contributed by atoms with Crippen molar-refractivity contribution >= 4 is 17.9 Å². The Kier molecular flexibility index (Phi) is 42.3. The monoisotopic (exact) mass is 821 g/mol. The van der Waals surface area contributed by atoms with Gasteiger partial charge in [-0.2, -0.15) is 0 Å². The first-order chi connectivity index (χ1) is 28.1. The Hall–Kier alpha value is -1.59. The Labute approximate surface area is 361 Å². The van der Waals surface area contributed by atoms with Crippen molar-refractivity contribution in [1.29, 1.82) is 0 Å². The highest BCUT2D eigenvalue weighted by Crippen LogP contribution is 2.18. The molecular formula is C52H100O6. The van der Waals surface area contributed by atoms with Crippen LogP contribution in [0, 0.1) is 17.8 Å². The standard InChI is InChI=1S/C52H100O6/c1-7-48(6)40-34-28-22-16-10-13-18-24-30-36-42-51(54)57-45-49(58-52(55)43-37-31-25-19-12-9-15-21-27-33-39-47(4)5)44-56-50(53)41-35-29-23-17-11-8-14-20-26-32-38-46(2)3/h46-49H,7-45H2,1-6H3/t48?,49-/m0/s1. The van der Waals surface area contributed by atoms with E-state index in [1.54, 1.807) is 0 Å². The average Bonchev–Trinajstić information content (AvgIpc) is 3.19. The van der Waals surface area contributed by atoms with Gasteiger partial charge in [-0.15, -0.1) is 0 Å². The van der Waals surface area contributed by atoms with Crippen LogP contribution in [0.2, 0.25) is 0 Å². The van der Waals surface area contributed by atoms with Crippen LogP contribution in [0.25, 0.3) is 0 Å². The lowest BCUT2D eigenvalue weighted by Gasteiger charge is -2.18. The van der Waals surface area contributed by atoms with Crippen LogP contribution < -0.4 is 0 Å². The summed E-state index contributed by atoms with van der Waals surface area (Å²) in [4.78, 5) is 37.9. The number of carbonyl (C=O) groups is 3. The van der Waals surface area contributed by atoms with E-state index in [2.05, 4.69) is 41.5 Å². The zero-order valence-corrected chi connectivity index (χ0v) is 39.8. The highest BCUT2D eigenvalue weighted by molar-refractivity contribution is 5.71. The third-order valence-electron chi connectivity index (χ3n) is 12.0. The molecule has 6 heteroatoms. The molecule has 0 aliphatic carbocycles. The summed E-state index contributed by atoms with van der Waals surface area (Å²) >= 11 is 0. The predicted molar refractivity (Wildman–Crippen MR) is 247 cm³/mol. The zero-order valence-electron chi connectivity index (χ0n) is 39.8. The molecule has 0 rings (SSSR count). The second-order valence-electron chi connectivity index (χ2n) is 19.0. The van der Waals surface area contributed by atoms with E-state index < -0.39 is 6.10 Å². The molecule has 0 fully saturated rings. The summed E-state index contributed by atoms with van der Waals surface area (Å²) in [6.45, 7) is 13.7. The number of hydrogen-bond donors (Lipinski definition) is 0. The Bertz CT molecular complexity index is 900. The molecular weight excluding hydrogens is 721 g/mol. The van der Waals surface area contributed by atoms with Gasteiger partial charge in [-0.05, 0) is 37.0 Å². The van der Waals surface area contributed by atoms with Crippen LogP contribution in [0.4, 0.5) is 0 Å². The zero-order chi connectivity index (χ0) is 42.7. The third-order valence-corrected chi connectivity index (χ3v) is 12.0. The molecule has 0 heterocycles. The number of ether oxygens (including phenoxy) is 3. The van der Waals surface area contributed by atoms with Gasteiger partial charge in [0.1, 0.15) is 13.2 Å². The molecule has 0 spiro atoms. The maximum Gasteiger partial charge on any atom is 0.306 e. The van der Waals surface area contributed by atoms with E-state index in [4.69, 9.17) is 14.2 Å². The molecule has 0 aromatic heterocycles. The smallest absolute Gasteiger partial charge is 0.306 e. The summed E-state index contributed by atoms with van der Waals surface area (Å²) in [7, 11) is 0. The molecule has 0 aliphatic rings. The molecule has 0 N–H and O–H groups in total. The van der Waals surface area contributed by atoms with Crippen LogP contribution in [0.5, 0.6) is 0 Å².